The number of rotatable bonds is 4. The van der Waals surface area contributed by atoms with Crippen molar-refractivity contribution in [3.8, 4) is 22.5 Å². The van der Waals surface area contributed by atoms with Crippen LogP contribution < -0.4 is 5.32 Å². The van der Waals surface area contributed by atoms with E-state index in [0.717, 1.165) is 28.2 Å². The molecule has 3 heteroatoms. The van der Waals surface area contributed by atoms with Crippen LogP contribution in [-0.2, 0) is 0 Å². The number of aromatic nitrogens is 2. The van der Waals surface area contributed by atoms with Gasteiger partial charge in [0.05, 0.1) is 11.4 Å². The number of anilines is 2. The number of aryl methyl sites for hydroxylation is 3. The molecule has 28 heavy (non-hydrogen) atoms. The number of benzene rings is 3. The van der Waals surface area contributed by atoms with Gasteiger partial charge in [-0.25, -0.2) is 9.97 Å². The SMILES string of the molecule is Cc1ccc(Nc2nc(-c3ccc(C)cc3)cc(-c3ccc(C)cc3)n2)cc1. The van der Waals surface area contributed by atoms with E-state index in [9.17, 15) is 0 Å². The molecule has 0 fully saturated rings. The number of nitrogens with one attached hydrogen (secondary N) is 1. The maximum Gasteiger partial charge on any atom is 0.228 e. The monoisotopic (exact) mass is 365 g/mol. The van der Waals surface area contributed by atoms with Crippen molar-refractivity contribution < 1.29 is 0 Å². The van der Waals surface area contributed by atoms with Crippen LogP contribution in [0.2, 0.25) is 0 Å². The molecule has 0 aliphatic rings. The van der Waals surface area contributed by atoms with E-state index in [1.54, 1.807) is 0 Å². The first-order valence-corrected chi connectivity index (χ1v) is 9.44. The van der Waals surface area contributed by atoms with Crippen LogP contribution in [0.3, 0.4) is 0 Å². The van der Waals surface area contributed by atoms with Gasteiger partial charge in [-0.05, 0) is 39.0 Å². The molecule has 0 aliphatic heterocycles. The van der Waals surface area contributed by atoms with Crippen LogP contribution in [-0.4, -0.2) is 9.97 Å². The highest BCUT2D eigenvalue weighted by molar-refractivity contribution is 5.71. The third kappa shape index (κ3) is 4.09. The lowest BCUT2D eigenvalue weighted by Gasteiger charge is -2.11. The topological polar surface area (TPSA) is 37.8 Å². The van der Waals surface area contributed by atoms with Gasteiger partial charge in [-0.2, -0.15) is 0 Å². The van der Waals surface area contributed by atoms with E-state index in [2.05, 4.69) is 92.8 Å². The second kappa shape index (κ2) is 7.65. The minimum absolute atomic E-state index is 0.595. The first-order chi connectivity index (χ1) is 13.6. The Morgan fingerprint density at radius 2 is 0.929 bits per heavy atom. The summed E-state index contributed by atoms with van der Waals surface area (Å²) in [6, 6.07) is 27.1. The predicted octanol–water partition coefficient (Wildman–Crippen LogP) is 6.48. The minimum Gasteiger partial charge on any atom is -0.324 e. The Morgan fingerprint density at radius 3 is 1.36 bits per heavy atom. The first-order valence-electron chi connectivity index (χ1n) is 9.44. The van der Waals surface area contributed by atoms with Crippen molar-refractivity contribution in [1.82, 2.24) is 9.97 Å². The Labute approximate surface area is 166 Å². The molecular weight excluding hydrogens is 342 g/mol. The van der Waals surface area contributed by atoms with E-state index in [1.807, 2.05) is 12.1 Å². The summed E-state index contributed by atoms with van der Waals surface area (Å²) < 4.78 is 0. The maximum absolute atomic E-state index is 4.77. The van der Waals surface area contributed by atoms with Crippen molar-refractivity contribution in [2.45, 2.75) is 20.8 Å². The smallest absolute Gasteiger partial charge is 0.228 e. The molecule has 1 heterocycles. The lowest BCUT2D eigenvalue weighted by molar-refractivity contribution is 1.17. The van der Waals surface area contributed by atoms with Gasteiger partial charge in [0.15, 0.2) is 0 Å². The summed E-state index contributed by atoms with van der Waals surface area (Å²) in [6.07, 6.45) is 0. The van der Waals surface area contributed by atoms with Crippen LogP contribution in [0.25, 0.3) is 22.5 Å². The highest BCUT2D eigenvalue weighted by Gasteiger charge is 2.09. The van der Waals surface area contributed by atoms with Gasteiger partial charge in [0.1, 0.15) is 0 Å². The second-order valence-corrected chi connectivity index (χ2v) is 7.19. The van der Waals surface area contributed by atoms with Crippen molar-refractivity contribution in [2.24, 2.45) is 0 Å². The van der Waals surface area contributed by atoms with Crippen LogP contribution in [0.5, 0.6) is 0 Å². The summed E-state index contributed by atoms with van der Waals surface area (Å²) >= 11 is 0. The molecule has 4 rings (SSSR count). The summed E-state index contributed by atoms with van der Waals surface area (Å²) in [4.78, 5) is 9.54. The van der Waals surface area contributed by atoms with E-state index >= 15 is 0 Å². The van der Waals surface area contributed by atoms with Crippen molar-refractivity contribution in [2.75, 3.05) is 5.32 Å². The van der Waals surface area contributed by atoms with E-state index < -0.39 is 0 Å². The lowest BCUT2D eigenvalue weighted by Crippen LogP contribution is -2.00. The van der Waals surface area contributed by atoms with E-state index in [-0.39, 0.29) is 0 Å². The van der Waals surface area contributed by atoms with Gasteiger partial charge in [-0.1, -0.05) is 77.4 Å². The summed E-state index contributed by atoms with van der Waals surface area (Å²) in [5.74, 6) is 0.595. The van der Waals surface area contributed by atoms with Gasteiger partial charge in [-0.15, -0.1) is 0 Å². The largest absolute Gasteiger partial charge is 0.324 e. The molecule has 3 aromatic carbocycles. The fraction of sp³-hybridized carbons (Fsp3) is 0.120. The van der Waals surface area contributed by atoms with Gasteiger partial charge in [0.25, 0.3) is 0 Å². The van der Waals surface area contributed by atoms with Gasteiger partial charge in [-0.3, -0.25) is 0 Å². The van der Waals surface area contributed by atoms with Gasteiger partial charge in [0.2, 0.25) is 5.95 Å². The minimum atomic E-state index is 0.595. The molecule has 0 amide bonds. The number of hydrogen-bond donors (Lipinski definition) is 1. The van der Waals surface area contributed by atoms with Crippen molar-refractivity contribution >= 4 is 11.6 Å². The quantitative estimate of drug-likeness (QED) is 0.450. The molecule has 0 atom stereocenters. The van der Waals surface area contributed by atoms with Crippen molar-refractivity contribution in [1.29, 1.82) is 0 Å². The Morgan fingerprint density at radius 1 is 0.536 bits per heavy atom. The highest BCUT2D eigenvalue weighted by atomic mass is 15.1. The predicted molar refractivity (Wildman–Crippen MR) is 117 cm³/mol. The van der Waals surface area contributed by atoms with Gasteiger partial charge in [0, 0.05) is 16.8 Å². The van der Waals surface area contributed by atoms with Crippen LogP contribution in [0, 0.1) is 20.8 Å². The van der Waals surface area contributed by atoms with Gasteiger partial charge < -0.3 is 5.32 Å². The summed E-state index contributed by atoms with van der Waals surface area (Å²) in [5, 5.41) is 3.35. The molecule has 0 bridgehead atoms. The third-order valence-electron chi connectivity index (χ3n) is 4.73. The van der Waals surface area contributed by atoms with E-state index in [4.69, 9.17) is 9.97 Å². The van der Waals surface area contributed by atoms with E-state index in [1.165, 1.54) is 16.7 Å². The molecule has 0 radical (unpaired) electrons. The summed E-state index contributed by atoms with van der Waals surface area (Å²) in [6.45, 7) is 6.26. The average Bonchev–Trinajstić information content (AvgIpc) is 2.71. The molecule has 3 nitrogen and oxygen atoms in total. The zero-order chi connectivity index (χ0) is 19.5. The Hall–Kier alpha value is -3.46. The Kier molecular flexibility index (Phi) is 4.90. The van der Waals surface area contributed by atoms with E-state index in [0.29, 0.717) is 5.95 Å². The number of nitrogens with zero attached hydrogens (tertiary/aromatic N) is 2. The Balaban J connectivity index is 1.78. The molecule has 0 spiro atoms. The lowest BCUT2D eigenvalue weighted by atomic mass is 10.1. The molecule has 4 aromatic rings. The zero-order valence-electron chi connectivity index (χ0n) is 16.4. The Bertz CT molecular complexity index is 1020. The van der Waals surface area contributed by atoms with Crippen LogP contribution in [0.15, 0.2) is 78.9 Å². The number of hydrogen-bond acceptors (Lipinski definition) is 3. The molecular formula is C25H23N3. The molecule has 1 N–H and O–H groups in total. The summed E-state index contributed by atoms with van der Waals surface area (Å²) in [7, 11) is 0. The third-order valence-corrected chi connectivity index (χ3v) is 4.73. The second-order valence-electron chi connectivity index (χ2n) is 7.19. The van der Waals surface area contributed by atoms with Gasteiger partial charge >= 0.3 is 0 Å². The summed E-state index contributed by atoms with van der Waals surface area (Å²) in [5.41, 5.74) is 8.62. The normalized spacial score (nSPS) is 10.7. The fourth-order valence-electron chi connectivity index (χ4n) is 3.01. The zero-order valence-corrected chi connectivity index (χ0v) is 16.4. The average molecular weight is 365 g/mol. The molecule has 0 saturated carbocycles. The molecule has 1 aromatic heterocycles. The highest BCUT2D eigenvalue weighted by Crippen LogP contribution is 2.27. The molecule has 138 valence electrons. The van der Waals surface area contributed by atoms with Crippen LogP contribution in [0.4, 0.5) is 11.6 Å². The maximum atomic E-state index is 4.77. The molecule has 0 aliphatic carbocycles. The van der Waals surface area contributed by atoms with Crippen molar-refractivity contribution in [3.63, 3.8) is 0 Å². The van der Waals surface area contributed by atoms with Crippen LogP contribution >= 0.6 is 0 Å². The van der Waals surface area contributed by atoms with Crippen LogP contribution in [0.1, 0.15) is 16.7 Å². The molecule has 0 saturated heterocycles. The van der Waals surface area contributed by atoms with Crippen molar-refractivity contribution in [3.05, 3.63) is 95.6 Å². The molecule has 0 unspecified atom stereocenters. The standard InChI is InChI=1S/C25H23N3/c1-17-4-10-20(11-5-17)23-16-24(21-12-6-18(2)7-13-21)28-25(27-23)26-22-14-8-19(3)9-15-22/h4-16H,1-3H3,(H,26,27,28). The first kappa shape index (κ1) is 17.9. The fourth-order valence-corrected chi connectivity index (χ4v) is 3.01.